The van der Waals surface area contributed by atoms with E-state index in [9.17, 15) is 19.2 Å². The van der Waals surface area contributed by atoms with Crippen LogP contribution in [0.4, 0.5) is 11.4 Å². The van der Waals surface area contributed by atoms with Crippen LogP contribution in [-0.2, 0) is 9.59 Å². The number of unbranched alkanes of at least 4 members (excludes halogenated alkanes) is 4. The summed E-state index contributed by atoms with van der Waals surface area (Å²) in [4.78, 5) is 61.7. The zero-order valence-corrected chi connectivity index (χ0v) is 57.1. The van der Waals surface area contributed by atoms with Crippen LogP contribution in [0.25, 0.3) is 12.2 Å². The van der Waals surface area contributed by atoms with E-state index in [1.54, 1.807) is 86.8 Å². The highest BCUT2D eigenvalue weighted by atomic mass is 32.2. The van der Waals surface area contributed by atoms with Gasteiger partial charge in [0, 0.05) is 74.9 Å². The Kier molecular flexibility index (Phi) is 29.4. The Bertz CT molecular complexity index is 2830. The van der Waals surface area contributed by atoms with Crippen molar-refractivity contribution in [2.75, 3.05) is 129 Å². The van der Waals surface area contributed by atoms with Crippen LogP contribution in [0.5, 0.6) is 46.0 Å². The van der Waals surface area contributed by atoms with Crippen molar-refractivity contribution in [3.05, 3.63) is 95.1 Å². The van der Waals surface area contributed by atoms with Crippen molar-refractivity contribution in [1.82, 2.24) is 19.6 Å². The smallest absolute Gasteiger partial charge is 0.256 e. The summed E-state index contributed by atoms with van der Waals surface area (Å²) in [5, 5.41) is 0. The van der Waals surface area contributed by atoms with Gasteiger partial charge in [0.2, 0.25) is 11.8 Å². The number of nitrogens with zero attached hydrogens (tertiary/aromatic N) is 4. The number of piperazine rings is 1. The lowest BCUT2D eigenvalue weighted by atomic mass is 10.1. The van der Waals surface area contributed by atoms with Crippen LogP contribution in [0.1, 0.15) is 124 Å². The van der Waals surface area contributed by atoms with Crippen molar-refractivity contribution in [3.8, 4) is 46.0 Å². The molecule has 3 aliphatic heterocycles. The van der Waals surface area contributed by atoms with Crippen LogP contribution < -0.4 is 49.4 Å². The summed E-state index contributed by atoms with van der Waals surface area (Å²) in [5.74, 6) is 7.92. The minimum atomic E-state index is -0.141. The third-order valence-electron chi connectivity index (χ3n) is 15.9. The second-order valence-electron chi connectivity index (χ2n) is 21.8. The molecule has 2 unspecified atom stereocenters. The van der Waals surface area contributed by atoms with Gasteiger partial charge in [0.25, 0.3) is 11.8 Å². The number of methoxy groups -OCH3 is 4. The molecule has 0 aliphatic carbocycles. The average Bonchev–Trinajstić information content (AvgIpc) is 1.57. The molecule has 3 heterocycles. The number of ether oxygens (including phenoxy) is 8. The molecular formula is C68H94N6O12S4. The highest BCUT2D eigenvalue weighted by molar-refractivity contribution is 8.17. The predicted octanol–water partition coefficient (Wildman–Crippen LogP) is 12.4. The van der Waals surface area contributed by atoms with Gasteiger partial charge in [-0.2, -0.15) is 0 Å². The average molecular weight is 1320 g/mol. The predicted molar refractivity (Wildman–Crippen MR) is 370 cm³/mol. The molecule has 3 saturated heterocycles. The van der Waals surface area contributed by atoms with Crippen molar-refractivity contribution in [2.24, 2.45) is 0 Å². The van der Waals surface area contributed by atoms with Gasteiger partial charge in [-0.15, -0.1) is 47.0 Å². The van der Waals surface area contributed by atoms with Gasteiger partial charge in [-0.1, -0.05) is 39.8 Å². The number of nitrogens with two attached hydrogens (primary N) is 2. The summed E-state index contributed by atoms with van der Waals surface area (Å²) in [6.07, 6.45) is 15.3. The van der Waals surface area contributed by atoms with Crippen molar-refractivity contribution >= 4 is 94.2 Å². The van der Waals surface area contributed by atoms with Crippen molar-refractivity contribution in [2.45, 2.75) is 113 Å². The summed E-state index contributed by atoms with van der Waals surface area (Å²) >= 11 is 7.62. The SMILES string of the molecule is CCSC(SCC)C1CCCN1C(=O)c1cc(OC)c(OCCCCCOc2ccc(C=CC(=O)N3CCN(C(=O)C=Cc4ccc(OCCCCCOc5cc(N)c(C(=O)N6CCCC6C(SCC)SCC)cc5OC)c(OC)c4)CC3)cc2OC)cc1N. The third kappa shape index (κ3) is 19.8. The van der Waals surface area contributed by atoms with Gasteiger partial charge in [-0.25, -0.2) is 0 Å². The molecule has 4 aromatic rings. The second-order valence-corrected chi connectivity index (χ2v) is 28.1. The first-order valence-corrected chi connectivity index (χ1v) is 35.8. The maximum atomic E-state index is 13.8. The van der Waals surface area contributed by atoms with Crippen LogP contribution in [0, 0.1) is 0 Å². The molecule has 4 N–H and O–H groups in total. The fourth-order valence-electron chi connectivity index (χ4n) is 11.2. The van der Waals surface area contributed by atoms with Crippen LogP contribution in [0.15, 0.2) is 72.8 Å². The number of amides is 4. The van der Waals surface area contributed by atoms with Crippen molar-refractivity contribution in [1.29, 1.82) is 0 Å². The van der Waals surface area contributed by atoms with Crippen LogP contribution in [0.3, 0.4) is 0 Å². The maximum absolute atomic E-state index is 13.8. The maximum Gasteiger partial charge on any atom is 0.256 e. The summed E-state index contributed by atoms with van der Waals surface area (Å²) in [5.41, 5.74) is 16.2. The van der Waals surface area contributed by atoms with Gasteiger partial charge < -0.3 is 69.0 Å². The Labute approximate surface area is 550 Å². The van der Waals surface area contributed by atoms with Gasteiger partial charge in [-0.05, 0) is 147 Å². The van der Waals surface area contributed by atoms with Crippen LogP contribution >= 0.6 is 47.0 Å². The lowest BCUT2D eigenvalue weighted by Crippen LogP contribution is -2.49. The summed E-state index contributed by atoms with van der Waals surface area (Å²) < 4.78 is 47.7. The quantitative estimate of drug-likeness (QED) is 0.0188. The number of nitrogen functional groups attached to an aromatic ring is 2. The fraction of sp³-hybridized carbons (Fsp3) is 0.529. The number of hydrogen-bond donors (Lipinski definition) is 2. The number of thioether (sulfide) groups is 4. The molecule has 0 aromatic heterocycles. The normalized spacial score (nSPS) is 16.0. The third-order valence-corrected chi connectivity index (χ3v) is 21.5. The molecule has 2 atom stereocenters. The largest absolute Gasteiger partial charge is 0.493 e. The summed E-state index contributed by atoms with van der Waals surface area (Å²) in [7, 11) is 6.32. The standard InChI is InChI=1S/C68H94N6O12S4/c1-9-87-67(88-10-2)53-21-19-31-73(53)65(77)49-43-59(81-7)61(45-51(49)69)85-39-17-13-15-37-83-55-27-23-47(41-57(55)79-5)25-29-63(75)71-33-35-72(36-34-71)64(76)30-26-48-24-28-56(58(42-48)80-6)84-38-16-14-18-40-86-62-46-52(70)50(44-60(62)82-8)66(78)74-32-20-22-54(74)68(89-11-3)90-12-4/h23-30,41-46,53-54,67-68H,9-22,31-40,69-70H2,1-8H3. The van der Waals surface area contributed by atoms with E-state index in [1.165, 1.54) is 0 Å². The number of anilines is 2. The van der Waals surface area contributed by atoms with Crippen LogP contribution in [0.2, 0.25) is 0 Å². The first-order valence-electron chi connectivity index (χ1n) is 31.6. The van der Waals surface area contributed by atoms with E-state index in [1.807, 2.05) is 93.2 Å². The van der Waals surface area contributed by atoms with E-state index in [2.05, 4.69) is 27.7 Å². The molecule has 18 nitrogen and oxygen atoms in total. The Morgan fingerprint density at radius 3 is 1.12 bits per heavy atom. The number of carbonyl (C=O) groups excluding carboxylic acids is 4. The first kappa shape index (κ1) is 71.1. The number of benzene rings is 4. The number of likely N-dealkylation sites (tertiary alicyclic amines) is 2. The molecule has 4 amide bonds. The molecule has 3 aliphatic rings. The lowest BCUT2D eigenvalue weighted by molar-refractivity contribution is -0.133. The molecule has 3 fully saturated rings. The molecule has 0 spiro atoms. The van der Waals surface area contributed by atoms with Gasteiger partial charge in [0.1, 0.15) is 0 Å². The molecule has 4 aromatic carbocycles. The van der Waals surface area contributed by atoms with Crippen molar-refractivity contribution in [3.63, 3.8) is 0 Å². The van der Waals surface area contributed by atoms with E-state index >= 15 is 0 Å². The van der Waals surface area contributed by atoms with Gasteiger partial charge in [0.05, 0.1) is 87.2 Å². The molecule has 90 heavy (non-hydrogen) atoms. The second kappa shape index (κ2) is 37.2. The number of rotatable bonds is 36. The molecule has 22 heteroatoms. The molecule has 7 rings (SSSR count). The zero-order valence-electron chi connectivity index (χ0n) is 53.8. The van der Waals surface area contributed by atoms with Crippen LogP contribution in [-0.4, -0.2) is 182 Å². The number of carbonyl (C=O) groups is 4. The van der Waals surface area contributed by atoms with E-state index in [-0.39, 0.29) is 35.7 Å². The molecule has 492 valence electrons. The summed E-state index contributed by atoms with van der Waals surface area (Å²) in [6.45, 7) is 13.6. The Balaban J connectivity index is 0.772. The Morgan fingerprint density at radius 2 is 0.789 bits per heavy atom. The minimum absolute atomic E-state index is 0.0606. The minimum Gasteiger partial charge on any atom is -0.493 e. The van der Waals surface area contributed by atoms with Gasteiger partial charge >= 0.3 is 0 Å². The Hall–Kier alpha value is -6.36. The fourth-order valence-corrected chi connectivity index (χ4v) is 17.0. The van der Waals surface area contributed by atoms with Gasteiger partial charge in [0.15, 0.2) is 46.0 Å². The first-order chi connectivity index (χ1) is 43.8. The molecule has 0 saturated carbocycles. The van der Waals surface area contributed by atoms with E-state index in [0.29, 0.717) is 130 Å². The molecular weight excluding hydrogens is 1220 g/mol. The highest BCUT2D eigenvalue weighted by Crippen LogP contribution is 2.41. The zero-order chi connectivity index (χ0) is 64.4. The lowest BCUT2D eigenvalue weighted by Gasteiger charge is -2.33. The highest BCUT2D eigenvalue weighted by Gasteiger charge is 2.38. The monoisotopic (exact) mass is 1310 g/mol. The Morgan fingerprint density at radius 1 is 0.456 bits per heavy atom. The topological polar surface area (TPSA) is 207 Å². The molecule has 0 bridgehead atoms. The van der Waals surface area contributed by atoms with E-state index < -0.39 is 0 Å². The van der Waals surface area contributed by atoms with Crippen molar-refractivity contribution < 1.29 is 57.1 Å². The molecule has 0 radical (unpaired) electrons. The summed E-state index contributed by atoms with van der Waals surface area (Å²) in [6, 6.07) is 18.3. The van der Waals surface area contributed by atoms with Gasteiger partial charge in [-0.3, -0.25) is 19.2 Å². The van der Waals surface area contributed by atoms with E-state index in [4.69, 9.17) is 49.4 Å². The number of hydrogen-bond acceptors (Lipinski definition) is 18. The van der Waals surface area contributed by atoms with E-state index in [0.717, 1.165) is 111 Å².